The van der Waals surface area contributed by atoms with E-state index in [2.05, 4.69) is 26.9 Å². The third-order valence-corrected chi connectivity index (χ3v) is 4.24. The minimum atomic E-state index is -4.70. The molecule has 1 aromatic heterocycles. The Hall–Kier alpha value is -3.60. The van der Waals surface area contributed by atoms with Gasteiger partial charge in [0.1, 0.15) is 5.75 Å². The number of aliphatic carboxylic acids is 1. The lowest BCUT2D eigenvalue weighted by Gasteiger charge is -2.08. The number of fused-ring (bicyclic) bond motifs is 1. The Bertz CT molecular complexity index is 1080. The summed E-state index contributed by atoms with van der Waals surface area (Å²) in [6, 6.07) is 11.1. The maximum atomic E-state index is 12.1. The summed E-state index contributed by atoms with van der Waals surface area (Å²) in [4.78, 5) is 14.0. The number of hydrogen-bond donors (Lipinski definition) is 3. The number of benzene rings is 2. The molecule has 0 bridgehead atoms. The van der Waals surface area contributed by atoms with Crippen molar-refractivity contribution in [2.24, 2.45) is 0 Å². The highest BCUT2D eigenvalue weighted by Gasteiger charge is 2.30. The molecule has 0 aliphatic rings. The monoisotopic (exact) mass is 416 g/mol. The SMILES string of the molecule is O=C(O)Cc1c[nH]c2cc(NCCCC#Cc3ccc(OC(F)(F)F)cc3)ccc12. The van der Waals surface area contributed by atoms with Crippen molar-refractivity contribution in [1.29, 1.82) is 0 Å². The molecule has 3 rings (SSSR count). The van der Waals surface area contributed by atoms with Gasteiger partial charge in [0.15, 0.2) is 0 Å². The fraction of sp³-hybridized carbons (Fsp3) is 0.227. The van der Waals surface area contributed by atoms with E-state index in [1.54, 1.807) is 6.20 Å². The van der Waals surface area contributed by atoms with E-state index in [9.17, 15) is 18.0 Å². The zero-order valence-corrected chi connectivity index (χ0v) is 15.8. The summed E-state index contributed by atoms with van der Waals surface area (Å²) in [5.41, 5.74) is 3.15. The van der Waals surface area contributed by atoms with Crippen LogP contribution in [0.5, 0.6) is 5.75 Å². The lowest BCUT2D eigenvalue weighted by atomic mass is 10.1. The van der Waals surface area contributed by atoms with Crippen LogP contribution in [0.3, 0.4) is 0 Å². The molecule has 0 spiro atoms. The third-order valence-electron chi connectivity index (χ3n) is 4.24. The van der Waals surface area contributed by atoms with Crippen LogP contribution in [-0.4, -0.2) is 29.0 Å². The fourth-order valence-electron chi connectivity index (χ4n) is 2.92. The molecule has 0 radical (unpaired) electrons. The number of alkyl halides is 3. The van der Waals surface area contributed by atoms with E-state index in [0.717, 1.165) is 28.6 Å². The summed E-state index contributed by atoms with van der Waals surface area (Å²) in [6.45, 7) is 0.696. The van der Waals surface area contributed by atoms with E-state index >= 15 is 0 Å². The molecule has 0 atom stereocenters. The molecule has 0 saturated heterocycles. The van der Waals surface area contributed by atoms with Crippen LogP contribution < -0.4 is 10.1 Å². The number of halogens is 3. The molecule has 3 N–H and O–H groups in total. The topological polar surface area (TPSA) is 74.3 Å². The molecule has 30 heavy (non-hydrogen) atoms. The van der Waals surface area contributed by atoms with Crippen molar-refractivity contribution in [3.8, 4) is 17.6 Å². The predicted octanol–water partition coefficient (Wildman–Crippen LogP) is 4.94. The molecule has 2 aromatic carbocycles. The van der Waals surface area contributed by atoms with Gasteiger partial charge >= 0.3 is 12.3 Å². The van der Waals surface area contributed by atoms with E-state index < -0.39 is 12.3 Å². The van der Waals surface area contributed by atoms with Crippen LogP contribution in [0.4, 0.5) is 18.9 Å². The summed E-state index contributed by atoms with van der Waals surface area (Å²) in [6.07, 6.45) is -1.60. The number of ether oxygens (including phenoxy) is 1. The maximum Gasteiger partial charge on any atom is 0.573 e. The highest BCUT2D eigenvalue weighted by atomic mass is 19.4. The van der Waals surface area contributed by atoms with Gasteiger partial charge in [0.25, 0.3) is 0 Å². The van der Waals surface area contributed by atoms with Crippen LogP contribution in [-0.2, 0) is 11.2 Å². The van der Waals surface area contributed by atoms with Gasteiger partial charge in [-0.3, -0.25) is 4.79 Å². The number of rotatable bonds is 7. The van der Waals surface area contributed by atoms with Crippen molar-refractivity contribution >= 4 is 22.6 Å². The molecule has 0 aliphatic heterocycles. The van der Waals surface area contributed by atoms with Crippen LogP contribution in [0.25, 0.3) is 10.9 Å². The van der Waals surface area contributed by atoms with Crippen molar-refractivity contribution in [1.82, 2.24) is 4.98 Å². The summed E-state index contributed by atoms with van der Waals surface area (Å²) in [5, 5.41) is 13.1. The summed E-state index contributed by atoms with van der Waals surface area (Å²) in [5.74, 6) is 4.76. The first-order valence-corrected chi connectivity index (χ1v) is 9.20. The van der Waals surface area contributed by atoms with Gasteiger partial charge in [0, 0.05) is 41.3 Å². The first-order chi connectivity index (χ1) is 14.3. The van der Waals surface area contributed by atoms with E-state index in [1.165, 1.54) is 24.3 Å². The molecular formula is C22H19F3N2O3. The molecule has 0 unspecified atom stereocenters. The Kier molecular flexibility index (Phi) is 6.52. The quantitative estimate of drug-likeness (QED) is 0.377. The lowest BCUT2D eigenvalue weighted by Crippen LogP contribution is -2.16. The molecule has 0 amide bonds. The van der Waals surface area contributed by atoms with Crippen LogP contribution >= 0.6 is 0 Å². The first kappa shape index (κ1) is 21.1. The molecular weight excluding hydrogens is 397 g/mol. The van der Waals surface area contributed by atoms with Gasteiger partial charge in [-0.15, -0.1) is 13.2 Å². The van der Waals surface area contributed by atoms with Gasteiger partial charge in [-0.05, 0) is 48.4 Å². The van der Waals surface area contributed by atoms with Crippen molar-refractivity contribution < 1.29 is 27.8 Å². The van der Waals surface area contributed by atoms with Crippen molar-refractivity contribution in [2.75, 3.05) is 11.9 Å². The van der Waals surface area contributed by atoms with E-state index in [0.29, 0.717) is 18.5 Å². The first-order valence-electron chi connectivity index (χ1n) is 9.20. The zero-order chi connectivity index (χ0) is 21.6. The van der Waals surface area contributed by atoms with Gasteiger partial charge in [-0.25, -0.2) is 0 Å². The van der Waals surface area contributed by atoms with E-state index in [-0.39, 0.29) is 12.2 Å². The molecule has 5 nitrogen and oxygen atoms in total. The summed E-state index contributed by atoms with van der Waals surface area (Å²) >= 11 is 0. The molecule has 0 aliphatic carbocycles. The largest absolute Gasteiger partial charge is 0.573 e. The van der Waals surface area contributed by atoms with Gasteiger partial charge in [-0.1, -0.05) is 17.9 Å². The lowest BCUT2D eigenvalue weighted by molar-refractivity contribution is -0.274. The predicted molar refractivity (Wildman–Crippen MR) is 107 cm³/mol. The number of carboxylic acid groups (broad SMARTS) is 1. The number of carbonyl (C=O) groups is 1. The minimum Gasteiger partial charge on any atom is -0.481 e. The molecule has 156 valence electrons. The Morgan fingerprint density at radius 2 is 1.93 bits per heavy atom. The highest BCUT2D eigenvalue weighted by Crippen LogP contribution is 2.23. The van der Waals surface area contributed by atoms with Crippen molar-refractivity contribution in [3.63, 3.8) is 0 Å². The normalized spacial score (nSPS) is 11.0. The fourth-order valence-corrected chi connectivity index (χ4v) is 2.92. The van der Waals surface area contributed by atoms with Crippen LogP contribution in [0.2, 0.25) is 0 Å². The molecule has 1 heterocycles. The Morgan fingerprint density at radius 1 is 1.17 bits per heavy atom. The summed E-state index contributed by atoms with van der Waals surface area (Å²) in [7, 11) is 0. The number of aromatic amines is 1. The highest BCUT2D eigenvalue weighted by molar-refractivity contribution is 5.89. The molecule has 8 heteroatoms. The summed E-state index contributed by atoms with van der Waals surface area (Å²) < 4.78 is 40.2. The average Bonchev–Trinajstić information content (AvgIpc) is 3.06. The minimum absolute atomic E-state index is 0.0243. The smallest absolute Gasteiger partial charge is 0.481 e. The second kappa shape index (κ2) is 9.27. The number of unbranched alkanes of at least 4 members (excludes halogenated alkanes) is 1. The number of hydrogen-bond acceptors (Lipinski definition) is 3. The third kappa shape index (κ3) is 6.21. The molecule has 3 aromatic rings. The Morgan fingerprint density at radius 3 is 2.63 bits per heavy atom. The number of aromatic nitrogens is 1. The van der Waals surface area contributed by atoms with Crippen LogP contribution in [0.15, 0.2) is 48.7 Å². The van der Waals surface area contributed by atoms with Gasteiger partial charge in [0.2, 0.25) is 0 Å². The number of nitrogens with one attached hydrogen (secondary N) is 2. The van der Waals surface area contributed by atoms with Crippen molar-refractivity contribution in [2.45, 2.75) is 25.6 Å². The zero-order valence-electron chi connectivity index (χ0n) is 15.8. The van der Waals surface area contributed by atoms with Gasteiger partial charge in [-0.2, -0.15) is 0 Å². The Labute approximate surface area is 170 Å². The van der Waals surface area contributed by atoms with E-state index in [1.807, 2.05) is 18.2 Å². The number of anilines is 1. The standard InChI is InChI=1S/C22H19F3N2O3/c23-22(24,25)30-18-8-5-15(6-9-18)4-2-1-3-11-26-17-7-10-19-16(12-21(28)29)14-27-20(19)13-17/h5-10,13-14,26-27H,1,3,11-12H2,(H,28,29). The Balaban J connectivity index is 1.45. The number of H-pyrrole nitrogens is 1. The number of carboxylic acids is 1. The second-order valence-corrected chi connectivity index (χ2v) is 6.55. The van der Waals surface area contributed by atoms with Crippen LogP contribution in [0.1, 0.15) is 24.0 Å². The van der Waals surface area contributed by atoms with Crippen molar-refractivity contribution in [3.05, 3.63) is 59.8 Å². The molecule has 0 saturated carbocycles. The van der Waals surface area contributed by atoms with Crippen LogP contribution in [0, 0.1) is 11.8 Å². The molecule has 0 fully saturated rings. The van der Waals surface area contributed by atoms with Gasteiger partial charge < -0.3 is 20.1 Å². The second-order valence-electron chi connectivity index (χ2n) is 6.55. The van der Waals surface area contributed by atoms with Gasteiger partial charge in [0.05, 0.1) is 6.42 Å². The average molecular weight is 416 g/mol. The van der Waals surface area contributed by atoms with E-state index in [4.69, 9.17) is 5.11 Å². The maximum absolute atomic E-state index is 12.1.